The summed E-state index contributed by atoms with van der Waals surface area (Å²) in [6, 6.07) is 6.14. The van der Waals surface area contributed by atoms with Gasteiger partial charge < -0.3 is 20.5 Å². The van der Waals surface area contributed by atoms with Gasteiger partial charge in [0.15, 0.2) is 11.5 Å². The fourth-order valence-electron chi connectivity index (χ4n) is 3.79. The van der Waals surface area contributed by atoms with Gasteiger partial charge in [-0.25, -0.2) is 22.7 Å². The predicted octanol–water partition coefficient (Wildman–Crippen LogP) is 4.77. The van der Waals surface area contributed by atoms with Crippen LogP contribution in [-0.2, 0) is 16.2 Å². The smallest absolute Gasteiger partial charge is 0.416 e. The summed E-state index contributed by atoms with van der Waals surface area (Å²) >= 11 is 0. The summed E-state index contributed by atoms with van der Waals surface area (Å²) in [5.41, 5.74) is 5.76. The van der Waals surface area contributed by atoms with E-state index in [0.717, 1.165) is 12.1 Å². The lowest BCUT2D eigenvalue weighted by Gasteiger charge is -2.21. The number of anilines is 2. The molecule has 2 aromatic carbocycles. The monoisotopic (exact) mass is 555 g/mol. The highest BCUT2D eigenvalue weighted by Crippen LogP contribution is 2.37. The number of sulfonamides is 1. The molecule has 0 amide bonds. The molecule has 1 aromatic heterocycles. The summed E-state index contributed by atoms with van der Waals surface area (Å²) in [6.45, 7) is 6.77. The summed E-state index contributed by atoms with van der Waals surface area (Å²) in [7, 11) is -0.484. The average molecular weight is 556 g/mol. The van der Waals surface area contributed by atoms with E-state index in [1.807, 2.05) is 0 Å². The molecule has 0 aliphatic carbocycles. The first-order valence-electron chi connectivity index (χ1n) is 11.8. The number of fused-ring (bicyclic) bond motifs is 1. The SMILES string of the molecule is COc1cc2nc(C)nc(N[C@H](C)c3cc(N)cc(C(F)(F)F)c3)c2cc1OCCN(C)S(=O)(=O)C(C)C. The Balaban J connectivity index is 1.93. The number of hydrogen-bond acceptors (Lipinski definition) is 8. The lowest BCUT2D eigenvalue weighted by molar-refractivity contribution is -0.137. The lowest BCUT2D eigenvalue weighted by atomic mass is 10.0. The van der Waals surface area contributed by atoms with Gasteiger partial charge in [0.25, 0.3) is 0 Å². The molecule has 3 N–H and O–H groups in total. The van der Waals surface area contributed by atoms with E-state index >= 15 is 0 Å². The van der Waals surface area contributed by atoms with Crippen LogP contribution in [0, 0.1) is 6.92 Å². The largest absolute Gasteiger partial charge is 0.493 e. The van der Waals surface area contributed by atoms with Crippen LogP contribution in [0.2, 0.25) is 0 Å². The van der Waals surface area contributed by atoms with Crippen LogP contribution in [0.1, 0.15) is 43.8 Å². The van der Waals surface area contributed by atoms with Crippen molar-refractivity contribution in [2.24, 2.45) is 0 Å². The molecule has 3 aromatic rings. The van der Waals surface area contributed by atoms with Gasteiger partial charge in [0.2, 0.25) is 10.0 Å². The lowest BCUT2D eigenvalue weighted by Crippen LogP contribution is -2.35. The highest BCUT2D eigenvalue weighted by atomic mass is 32.2. The molecular formula is C25H32F3N5O4S. The first-order chi connectivity index (χ1) is 17.6. The number of rotatable bonds is 10. The van der Waals surface area contributed by atoms with Crippen molar-refractivity contribution in [1.82, 2.24) is 14.3 Å². The van der Waals surface area contributed by atoms with E-state index in [1.54, 1.807) is 39.8 Å². The molecule has 9 nitrogen and oxygen atoms in total. The highest BCUT2D eigenvalue weighted by Gasteiger charge is 2.31. The number of nitrogens with zero attached hydrogens (tertiary/aromatic N) is 3. The Morgan fingerprint density at radius 1 is 1.08 bits per heavy atom. The molecule has 0 saturated carbocycles. The number of benzene rings is 2. The second kappa shape index (κ2) is 11.2. The van der Waals surface area contributed by atoms with E-state index in [9.17, 15) is 21.6 Å². The van der Waals surface area contributed by atoms with Crippen molar-refractivity contribution in [2.75, 3.05) is 38.4 Å². The second-order valence-corrected chi connectivity index (χ2v) is 11.8. The minimum absolute atomic E-state index is 0.00271. The molecule has 3 rings (SSSR count). The van der Waals surface area contributed by atoms with Crippen LogP contribution in [0.3, 0.4) is 0 Å². The van der Waals surface area contributed by atoms with E-state index in [0.29, 0.717) is 39.6 Å². The number of hydrogen-bond donors (Lipinski definition) is 2. The van der Waals surface area contributed by atoms with Gasteiger partial charge in [0, 0.05) is 30.7 Å². The van der Waals surface area contributed by atoms with Crippen LogP contribution < -0.4 is 20.5 Å². The highest BCUT2D eigenvalue weighted by molar-refractivity contribution is 7.89. The summed E-state index contributed by atoms with van der Waals surface area (Å²) < 4.78 is 77.1. The zero-order valence-electron chi connectivity index (χ0n) is 22.0. The molecule has 1 heterocycles. The van der Waals surface area contributed by atoms with Gasteiger partial charge in [0.1, 0.15) is 18.2 Å². The predicted molar refractivity (Wildman–Crippen MR) is 141 cm³/mol. The molecule has 0 spiro atoms. The van der Waals surface area contributed by atoms with Gasteiger partial charge in [-0.3, -0.25) is 0 Å². The van der Waals surface area contributed by atoms with E-state index in [1.165, 1.54) is 24.5 Å². The number of alkyl halides is 3. The van der Waals surface area contributed by atoms with Crippen LogP contribution in [-0.4, -0.2) is 55.3 Å². The van der Waals surface area contributed by atoms with Crippen molar-refractivity contribution in [3.63, 3.8) is 0 Å². The molecule has 0 radical (unpaired) electrons. The maximum Gasteiger partial charge on any atom is 0.416 e. The molecule has 1 atom stereocenters. The molecule has 13 heteroatoms. The number of aryl methyl sites for hydroxylation is 1. The third-order valence-corrected chi connectivity index (χ3v) is 8.19. The molecule has 208 valence electrons. The number of nitrogens with one attached hydrogen (secondary N) is 1. The number of ether oxygens (including phenoxy) is 2. The zero-order chi connectivity index (χ0) is 28.4. The summed E-state index contributed by atoms with van der Waals surface area (Å²) in [4.78, 5) is 8.90. The Kier molecular flexibility index (Phi) is 8.62. The van der Waals surface area contributed by atoms with Gasteiger partial charge in [0.05, 0.1) is 29.5 Å². The normalized spacial score (nSPS) is 13.2. The van der Waals surface area contributed by atoms with E-state index in [-0.39, 0.29) is 18.8 Å². The molecule has 0 aliphatic rings. The molecule has 0 aliphatic heterocycles. The van der Waals surface area contributed by atoms with Crippen LogP contribution in [0.25, 0.3) is 10.9 Å². The van der Waals surface area contributed by atoms with Crippen molar-refractivity contribution in [2.45, 2.75) is 45.2 Å². The fourth-order valence-corrected chi connectivity index (χ4v) is 4.83. The Bertz CT molecular complexity index is 1410. The third kappa shape index (κ3) is 6.57. The van der Waals surface area contributed by atoms with Crippen LogP contribution in [0.15, 0.2) is 30.3 Å². The van der Waals surface area contributed by atoms with Crippen molar-refractivity contribution >= 4 is 32.4 Å². The summed E-state index contributed by atoms with van der Waals surface area (Å²) in [5, 5.41) is 3.14. The van der Waals surface area contributed by atoms with Crippen LogP contribution in [0.5, 0.6) is 11.5 Å². The van der Waals surface area contributed by atoms with E-state index in [4.69, 9.17) is 15.2 Å². The third-order valence-electron chi connectivity index (χ3n) is 5.95. The Hall–Kier alpha value is -3.32. The van der Waals surface area contributed by atoms with Crippen molar-refractivity contribution in [1.29, 1.82) is 0 Å². The molecular weight excluding hydrogens is 523 g/mol. The first-order valence-corrected chi connectivity index (χ1v) is 13.3. The molecule has 0 fully saturated rings. The van der Waals surface area contributed by atoms with Crippen molar-refractivity contribution in [3.8, 4) is 11.5 Å². The molecule has 38 heavy (non-hydrogen) atoms. The van der Waals surface area contributed by atoms with Crippen LogP contribution >= 0.6 is 0 Å². The van der Waals surface area contributed by atoms with Gasteiger partial charge in [-0.15, -0.1) is 0 Å². The second-order valence-electron chi connectivity index (χ2n) is 9.16. The summed E-state index contributed by atoms with van der Waals surface area (Å²) in [5.74, 6) is 1.53. The van der Waals surface area contributed by atoms with Crippen molar-refractivity contribution in [3.05, 3.63) is 47.3 Å². The first kappa shape index (κ1) is 29.2. The van der Waals surface area contributed by atoms with Gasteiger partial charge in [-0.05, 0) is 57.5 Å². The van der Waals surface area contributed by atoms with Crippen LogP contribution in [0.4, 0.5) is 24.7 Å². The van der Waals surface area contributed by atoms with Gasteiger partial charge in [-0.1, -0.05) is 0 Å². The van der Waals surface area contributed by atoms with Gasteiger partial charge >= 0.3 is 6.18 Å². The minimum Gasteiger partial charge on any atom is -0.493 e. The Morgan fingerprint density at radius 3 is 2.37 bits per heavy atom. The van der Waals surface area contributed by atoms with Gasteiger partial charge in [-0.2, -0.15) is 13.2 Å². The minimum atomic E-state index is -4.53. The number of methoxy groups -OCH3 is 1. The Labute approximate surface area is 220 Å². The Morgan fingerprint density at radius 2 is 1.76 bits per heavy atom. The summed E-state index contributed by atoms with van der Waals surface area (Å²) in [6.07, 6.45) is -4.53. The quantitative estimate of drug-likeness (QED) is 0.344. The van der Waals surface area contributed by atoms with E-state index < -0.39 is 33.1 Å². The number of nitrogens with two attached hydrogens (primary N) is 1. The number of nitrogen functional groups attached to an aromatic ring is 1. The van der Waals surface area contributed by atoms with Crippen molar-refractivity contribution < 1.29 is 31.1 Å². The maximum absolute atomic E-state index is 13.3. The zero-order valence-corrected chi connectivity index (χ0v) is 22.9. The van der Waals surface area contributed by atoms with E-state index in [2.05, 4.69) is 15.3 Å². The standard InChI is InChI=1S/C25H32F3N5O4S/c1-14(2)38(34,35)33(5)7-8-37-23-12-20-21(13-22(23)36-6)31-16(4)32-24(20)30-15(3)17-9-18(25(26,27)28)11-19(29)10-17/h9-15H,7-8,29H2,1-6H3,(H,30,31,32)/t15-/m1/s1. The molecule has 0 saturated heterocycles. The average Bonchev–Trinajstić information content (AvgIpc) is 2.82. The number of halogens is 3. The molecule has 0 bridgehead atoms. The number of aromatic nitrogens is 2. The topological polar surface area (TPSA) is 120 Å². The number of likely N-dealkylation sites (N-methyl/N-ethyl adjacent to an activating group) is 1. The fraction of sp³-hybridized carbons (Fsp3) is 0.440. The molecule has 0 unspecified atom stereocenters. The maximum atomic E-state index is 13.3.